The predicted molar refractivity (Wildman–Crippen MR) is 219 cm³/mol. The van der Waals surface area contributed by atoms with Crippen LogP contribution >= 0.6 is 0 Å². The molecule has 0 radical (unpaired) electrons. The smallest absolute Gasteiger partial charge is 0.299 e. The van der Waals surface area contributed by atoms with E-state index in [0.717, 1.165) is 31.2 Å². The van der Waals surface area contributed by atoms with Crippen LogP contribution < -0.4 is 5.32 Å². The lowest BCUT2D eigenvalue weighted by atomic mass is 10.1. The number of nitrogens with zero attached hydrogens (tertiary/aromatic N) is 4. The quantitative estimate of drug-likeness (QED) is 0.116. The Morgan fingerprint density at radius 1 is 0.679 bits per heavy atom. The number of benzene rings is 5. The highest BCUT2D eigenvalue weighted by atomic mass is 32.2. The standard InChI is InChI=1S/C24H23N5O4S.C6H6.C3H8.C2H6O3S.2C2H6/c1-4-26-20-11-7-8-15-14-21(34(31,32)33-3)23(24(30)22(15)20)29-28-19-13-12-18(27-25-2)16-9-5-6-10-17(16)19;1-2-4-6-5-3-1;1-3-2;1-5-6(2,3)4;2*1-2/h5-14,26,30H,4H2,1-3H3;1-6H;3H2,1-2H3;1-2H3;2*1-2H3. The van der Waals surface area contributed by atoms with E-state index in [4.69, 9.17) is 4.18 Å². The fraction of sp³-hybridized carbons (Fsp3) is 0.333. The van der Waals surface area contributed by atoms with Gasteiger partial charge in [-0.15, -0.1) is 10.2 Å². The molecular formula is C39H55N5O7S2. The first-order valence-corrected chi connectivity index (χ1v) is 20.4. The van der Waals surface area contributed by atoms with E-state index >= 15 is 0 Å². The summed E-state index contributed by atoms with van der Waals surface area (Å²) in [6, 6.07) is 29.6. The molecule has 5 aromatic carbocycles. The van der Waals surface area contributed by atoms with Crippen LogP contribution in [-0.4, -0.2) is 56.0 Å². The van der Waals surface area contributed by atoms with Crippen molar-refractivity contribution < 1.29 is 30.3 Å². The van der Waals surface area contributed by atoms with Gasteiger partial charge in [-0.25, -0.2) is 0 Å². The van der Waals surface area contributed by atoms with Crippen LogP contribution in [0.2, 0.25) is 0 Å². The number of phenolic OH excluding ortho intramolecular Hbond substituents is 1. The minimum absolute atomic E-state index is 0.207. The average molecular weight is 770 g/mol. The summed E-state index contributed by atoms with van der Waals surface area (Å²) in [5.74, 6) is -0.311. The molecule has 0 heterocycles. The van der Waals surface area contributed by atoms with Crippen molar-refractivity contribution in [1.82, 2.24) is 0 Å². The van der Waals surface area contributed by atoms with Gasteiger partial charge in [0.05, 0.1) is 31.9 Å². The summed E-state index contributed by atoms with van der Waals surface area (Å²) in [5.41, 5.74) is 1.59. The third kappa shape index (κ3) is 15.8. The third-order valence-corrected chi connectivity index (χ3v) is 8.14. The second kappa shape index (κ2) is 26.1. The fourth-order valence-corrected chi connectivity index (χ4v) is 4.98. The maximum absolute atomic E-state index is 12.7. The maximum atomic E-state index is 12.7. The van der Waals surface area contributed by atoms with Gasteiger partial charge in [-0.1, -0.05) is 121 Å². The molecule has 0 saturated carbocycles. The monoisotopic (exact) mass is 769 g/mol. The molecule has 0 fully saturated rings. The molecule has 0 aromatic heterocycles. The number of hydrogen-bond donors (Lipinski definition) is 2. The van der Waals surface area contributed by atoms with E-state index in [1.165, 1.54) is 12.5 Å². The van der Waals surface area contributed by atoms with Gasteiger partial charge in [-0.2, -0.15) is 27.1 Å². The molecule has 53 heavy (non-hydrogen) atoms. The zero-order valence-corrected chi connectivity index (χ0v) is 34.3. The van der Waals surface area contributed by atoms with E-state index in [2.05, 4.69) is 43.8 Å². The number of nitrogens with one attached hydrogen (secondary N) is 1. The van der Waals surface area contributed by atoms with Gasteiger partial charge in [0.1, 0.15) is 10.6 Å². The number of hydrogen-bond acceptors (Lipinski definition) is 12. The van der Waals surface area contributed by atoms with E-state index < -0.39 is 20.2 Å². The second-order valence-corrected chi connectivity index (χ2v) is 13.4. The molecule has 14 heteroatoms. The van der Waals surface area contributed by atoms with Crippen LogP contribution in [0, 0.1) is 0 Å². The number of azo groups is 2. The number of rotatable bonds is 8. The zero-order valence-electron chi connectivity index (χ0n) is 32.7. The number of fused-ring (bicyclic) bond motifs is 2. The topological polar surface area (TPSA) is 168 Å². The van der Waals surface area contributed by atoms with Crippen molar-refractivity contribution in [2.45, 2.75) is 59.8 Å². The van der Waals surface area contributed by atoms with Crippen molar-refractivity contribution in [3.63, 3.8) is 0 Å². The van der Waals surface area contributed by atoms with Gasteiger partial charge in [-0.3, -0.25) is 8.37 Å². The first kappa shape index (κ1) is 48.2. The van der Waals surface area contributed by atoms with Crippen molar-refractivity contribution in [3.05, 3.63) is 97.1 Å². The summed E-state index contributed by atoms with van der Waals surface area (Å²) in [4.78, 5) is -0.280. The highest BCUT2D eigenvalue weighted by molar-refractivity contribution is 7.87. The van der Waals surface area contributed by atoms with E-state index in [1.54, 1.807) is 37.4 Å². The number of phenols is 1. The van der Waals surface area contributed by atoms with Crippen molar-refractivity contribution in [1.29, 1.82) is 0 Å². The van der Waals surface area contributed by atoms with Crippen LogP contribution in [0.4, 0.5) is 22.7 Å². The lowest BCUT2D eigenvalue weighted by Gasteiger charge is -2.14. The van der Waals surface area contributed by atoms with Gasteiger partial charge in [0.25, 0.3) is 20.2 Å². The molecule has 0 bridgehead atoms. The van der Waals surface area contributed by atoms with Crippen LogP contribution in [0.1, 0.15) is 54.9 Å². The van der Waals surface area contributed by atoms with Gasteiger partial charge < -0.3 is 10.4 Å². The van der Waals surface area contributed by atoms with E-state index in [0.29, 0.717) is 34.4 Å². The van der Waals surface area contributed by atoms with Gasteiger partial charge in [0, 0.05) is 35.4 Å². The highest BCUT2D eigenvalue weighted by Crippen LogP contribution is 2.45. The summed E-state index contributed by atoms with van der Waals surface area (Å²) in [5, 5.41) is 33.3. The molecule has 0 atom stereocenters. The fourth-order valence-electron chi connectivity index (χ4n) is 4.15. The van der Waals surface area contributed by atoms with Crippen LogP contribution in [0.15, 0.2) is 122 Å². The van der Waals surface area contributed by atoms with Gasteiger partial charge in [0.15, 0.2) is 5.75 Å². The Morgan fingerprint density at radius 2 is 1.15 bits per heavy atom. The molecule has 0 aliphatic heterocycles. The van der Waals surface area contributed by atoms with Crippen molar-refractivity contribution in [2.75, 3.05) is 39.4 Å². The van der Waals surface area contributed by atoms with Crippen LogP contribution in [0.5, 0.6) is 5.75 Å². The van der Waals surface area contributed by atoms with Crippen LogP contribution in [-0.2, 0) is 28.6 Å². The van der Waals surface area contributed by atoms with Gasteiger partial charge in [-0.05, 0) is 36.6 Å². The minimum atomic E-state index is -4.19. The Labute approximate surface area is 316 Å². The first-order valence-electron chi connectivity index (χ1n) is 17.2. The average Bonchev–Trinajstić information content (AvgIpc) is 3.18. The van der Waals surface area contributed by atoms with Crippen LogP contribution in [0.3, 0.4) is 0 Å². The molecule has 0 spiro atoms. The maximum Gasteiger partial charge on any atom is 0.299 e. The van der Waals surface area contributed by atoms with E-state index in [-0.39, 0.29) is 16.3 Å². The molecule has 0 aliphatic carbocycles. The summed E-state index contributed by atoms with van der Waals surface area (Å²) >= 11 is 0. The van der Waals surface area contributed by atoms with Gasteiger partial charge in [0.2, 0.25) is 0 Å². The van der Waals surface area contributed by atoms with E-state index in [9.17, 15) is 21.9 Å². The Kier molecular flexibility index (Phi) is 23.7. The predicted octanol–water partition coefficient (Wildman–Crippen LogP) is 11.3. The summed E-state index contributed by atoms with van der Waals surface area (Å²) in [6.45, 7) is 14.8. The number of anilines is 1. The summed E-state index contributed by atoms with van der Waals surface area (Å²) in [7, 11) is -3.59. The minimum Gasteiger partial charge on any atom is -0.505 e. The summed E-state index contributed by atoms with van der Waals surface area (Å²) < 4.78 is 53.6. The Bertz CT molecular complexity index is 2050. The van der Waals surface area contributed by atoms with Crippen molar-refractivity contribution in [3.8, 4) is 5.75 Å². The van der Waals surface area contributed by atoms with Crippen molar-refractivity contribution >= 4 is 64.5 Å². The molecule has 0 unspecified atom stereocenters. The zero-order chi connectivity index (χ0) is 40.5. The normalized spacial score (nSPS) is 10.7. The molecular weight excluding hydrogens is 715 g/mol. The molecule has 5 rings (SSSR count). The second-order valence-electron chi connectivity index (χ2n) is 10.0. The molecule has 290 valence electrons. The molecule has 0 saturated heterocycles. The van der Waals surface area contributed by atoms with Crippen LogP contribution in [0.25, 0.3) is 21.5 Å². The number of aromatic hydroxyl groups is 1. The molecule has 0 amide bonds. The Morgan fingerprint density at radius 3 is 1.57 bits per heavy atom. The van der Waals surface area contributed by atoms with E-state index in [1.807, 2.05) is 95.3 Å². The molecule has 12 nitrogen and oxygen atoms in total. The Balaban J connectivity index is 0.00000118. The highest BCUT2D eigenvalue weighted by Gasteiger charge is 2.25. The summed E-state index contributed by atoms with van der Waals surface area (Å²) in [6.07, 6.45) is 2.24. The largest absolute Gasteiger partial charge is 0.505 e. The Hall–Kier alpha value is -4.76. The van der Waals surface area contributed by atoms with Gasteiger partial charge >= 0.3 is 0 Å². The third-order valence-electron chi connectivity index (χ3n) is 6.25. The molecule has 0 aliphatic rings. The first-order chi connectivity index (χ1) is 25.4. The molecule has 2 N–H and O–H groups in total. The molecule has 5 aromatic rings. The lowest BCUT2D eigenvalue weighted by Crippen LogP contribution is -2.04. The SMILES string of the molecule is CC.CC.CCC.CCNc1cccc2cc(S(=O)(=O)OC)c(N=Nc3ccc(N=NC)c4ccccc34)c(O)c12.COS(C)(=O)=O.c1ccccc1. The lowest BCUT2D eigenvalue weighted by molar-refractivity contribution is 0.397. The van der Waals surface area contributed by atoms with Crippen molar-refractivity contribution in [2.24, 2.45) is 20.5 Å².